The van der Waals surface area contributed by atoms with Gasteiger partial charge in [0.05, 0.1) is 24.3 Å². The molecule has 0 spiro atoms. The molecule has 0 aliphatic carbocycles. The number of benzene rings is 1. The summed E-state index contributed by atoms with van der Waals surface area (Å²) in [7, 11) is 0. The fraction of sp³-hybridized carbons (Fsp3) is 0.455. The van der Waals surface area contributed by atoms with Crippen molar-refractivity contribution in [1.82, 2.24) is 0 Å². The molecule has 4 nitrogen and oxygen atoms in total. The van der Waals surface area contributed by atoms with Crippen LogP contribution in [0.5, 0.6) is 0 Å². The predicted molar refractivity (Wildman–Crippen MR) is 104 cm³/mol. The van der Waals surface area contributed by atoms with Crippen LogP contribution in [0.25, 0.3) is 0 Å². The highest BCUT2D eigenvalue weighted by Gasteiger charge is 2.10. The molecular formula is C22H30O4. The van der Waals surface area contributed by atoms with E-state index in [0.717, 1.165) is 49.7 Å². The Kier molecular flexibility index (Phi) is 10.1. The normalized spacial score (nSPS) is 10.2. The van der Waals surface area contributed by atoms with Crippen molar-refractivity contribution in [3.05, 3.63) is 59.7 Å². The molecular weight excluding hydrogens is 328 g/mol. The molecule has 0 amide bonds. The van der Waals surface area contributed by atoms with Crippen LogP contribution in [0, 0.1) is 0 Å². The first-order chi connectivity index (χ1) is 12.4. The van der Waals surface area contributed by atoms with E-state index in [4.69, 9.17) is 9.47 Å². The number of hydrogen-bond donors (Lipinski definition) is 0. The summed E-state index contributed by atoms with van der Waals surface area (Å²) in [5.41, 5.74) is 3.13. The zero-order valence-electron chi connectivity index (χ0n) is 16.0. The van der Waals surface area contributed by atoms with Crippen LogP contribution in [-0.2, 0) is 9.47 Å². The lowest BCUT2D eigenvalue weighted by atomic mass is 10.1. The van der Waals surface area contributed by atoms with Gasteiger partial charge in [-0.05, 0) is 76.6 Å². The minimum Gasteiger partial charge on any atom is -0.462 e. The molecule has 0 saturated heterocycles. The Morgan fingerprint density at radius 2 is 1.08 bits per heavy atom. The second kappa shape index (κ2) is 12.1. The summed E-state index contributed by atoms with van der Waals surface area (Å²) in [6.45, 7) is 12.4. The molecule has 1 aromatic carbocycles. The number of carbonyl (C=O) groups excluding carboxylic acids is 2. The van der Waals surface area contributed by atoms with E-state index < -0.39 is 0 Å². The van der Waals surface area contributed by atoms with Gasteiger partial charge in [-0.15, -0.1) is 13.2 Å². The summed E-state index contributed by atoms with van der Waals surface area (Å²) >= 11 is 0. The minimum absolute atomic E-state index is 0.375. The Balaban J connectivity index is 2.32. The summed E-state index contributed by atoms with van der Waals surface area (Å²) in [6.07, 6.45) is 5.44. The van der Waals surface area contributed by atoms with Crippen LogP contribution in [0.15, 0.2) is 48.6 Å². The first-order valence-electron chi connectivity index (χ1n) is 9.13. The van der Waals surface area contributed by atoms with E-state index in [1.165, 1.54) is 0 Å². The molecule has 1 rings (SSSR count). The second-order valence-corrected chi connectivity index (χ2v) is 6.68. The minimum atomic E-state index is -0.375. The monoisotopic (exact) mass is 358 g/mol. The van der Waals surface area contributed by atoms with Gasteiger partial charge in [-0.25, -0.2) is 9.59 Å². The summed E-state index contributed by atoms with van der Waals surface area (Å²) in [6, 6.07) is 6.36. The average Bonchev–Trinajstić information content (AvgIpc) is 2.60. The largest absolute Gasteiger partial charge is 0.462 e. The van der Waals surface area contributed by atoms with Crippen molar-refractivity contribution in [2.24, 2.45) is 0 Å². The van der Waals surface area contributed by atoms with Crippen LogP contribution in [-0.4, -0.2) is 25.2 Å². The Morgan fingerprint density at radius 3 is 1.38 bits per heavy atom. The molecule has 0 aliphatic rings. The van der Waals surface area contributed by atoms with Gasteiger partial charge in [0.2, 0.25) is 0 Å². The number of hydrogen-bond acceptors (Lipinski definition) is 4. The third-order valence-electron chi connectivity index (χ3n) is 3.82. The van der Waals surface area contributed by atoms with Crippen LogP contribution in [0.3, 0.4) is 0 Å². The van der Waals surface area contributed by atoms with Crippen LogP contribution in [0.4, 0.5) is 0 Å². The van der Waals surface area contributed by atoms with Gasteiger partial charge in [-0.1, -0.05) is 11.1 Å². The molecule has 0 fully saturated rings. The van der Waals surface area contributed by atoms with E-state index in [9.17, 15) is 9.59 Å². The summed E-state index contributed by atoms with van der Waals surface area (Å²) < 4.78 is 10.5. The first-order valence-corrected chi connectivity index (χ1v) is 9.13. The van der Waals surface area contributed by atoms with Gasteiger partial charge in [-0.2, -0.15) is 0 Å². The number of carbonyl (C=O) groups is 2. The van der Waals surface area contributed by atoms with Crippen molar-refractivity contribution >= 4 is 11.9 Å². The third kappa shape index (κ3) is 9.21. The highest BCUT2D eigenvalue weighted by molar-refractivity contribution is 5.93. The quantitative estimate of drug-likeness (QED) is 0.281. The van der Waals surface area contributed by atoms with E-state index in [1.54, 1.807) is 24.3 Å². The topological polar surface area (TPSA) is 52.6 Å². The maximum atomic E-state index is 12.0. The molecule has 0 aromatic heterocycles. The van der Waals surface area contributed by atoms with Crippen molar-refractivity contribution in [3.8, 4) is 0 Å². The maximum Gasteiger partial charge on any atom is 0.338 e. The third-order valence-corrected chi connectivity index (χ3v) is 3.82. The fourth-order valence-electron chi connectivity index (χ4n) is 2.30. The van der Waals surface area contributed by atoms with Gasteiger partial charge in [0.25, 0.3) is 0 Å². The Bertz CT molecular complexity index is 559. The lowest BCUT2D eigenvalue weighted by molar-refractivity contribution is 0.0484. The predicted octanol–water partition coefficient (Wildman–Crippen LogP) is 5.49. The molecule has 1 aromatic rings. The zero-order chi connectivity index (χ0) is 19.4. The summed E-state index contributed by atoms with van der Waals surface area (Å²) in [5.74, 6) is -0.750. The van der Waals surface area contributed by atoms with Crippen LogP contribution < -0.4 is 0 Å². The van der Waals surface area contributed by atoms with Gasteiger partial charge < -0.3 is 9.47 Å². The number of unbranched alkanes of at least 4 members (excludes halogenated alkanes) is 2. The molecule has 0 unspecified atom stereocenters. The van der Waals surface area contributed by atoms with Gasteiger partial charge in [0.1, 0.15) is 0 Å². The summed E-state index contributed by atoms with van der Waals surface area (Å²) in [4.78, 5) is 23.9. The van der Waals surface area contributed by atoms with E-state index in [-0.39, 0.29) is 11.9 Å². The van der Waals surface area contributed by atoms with Crippen molar-refractivity contribution in [2.45, 2.75) is 52.4 Å². The van der Waals surface area contributed by atoms with Crippen LogP contribution in [0.2, 0.25) is 0 Å². The van der Waals surface area contributed by atoms with E-state index in [2.05, 4.69) is 13.2 Å². The zero-order valence-corrected chi connectivity index (χ0v) is 16.0. The maximum absolute atomic E-state index is 12.0. The summed E-state index contributed by atoms with van der Waals surface area (Å²) in [5, 5.41) is 0. The highest BCUT2D eigenvalue weighted by atomic mass is 16.5. The molecule has 0 aliphatic heterocycles. The Hall–Kier alpha value is -2.36. The smallest absolute Gasteiger partial charge is 0.338 e. The van der Waals surface area contributed by atoms with Crippen molar-refractivity contribution in [3.63, 3.8) is 0 Å². The lowest BCUT2D eigenvalue weighted by Gasteiger charge is -2.07. The van der Waals surface area contributed by atoms with Gasteiger partial charge in [-0.3, -0.25) is 0 Å². The Labute approximate surface area is 156 Å². The molecule has 142 valence electrons. The van der Waals surface area contributed by atoms with E-state index >= 15 is 0 Å². The molecule has 4 heteroatoms. The van der Waals surface area contributed by atoms with Crippen LogP contribution in [0.1, 0.15) is 73.1 Å². The van der Waals surface area contributed by atoms with Crippen molar-refractivity contribution in [2.75, 3.05) is 13.2 Å². The highest BCUT2D eigenvalue weighted by Crippen LogP contribution is 2.10. The molecule has 0 atom stereocenters. The number of esters is 2. The van der Waals surface area contributed by atoms with E-state index in [0.29, 0.717) is 24.3 Å². The standard InChI is InChI=1S/C22H30O4/c1-17(2)9-5-7-15-25-21(23)19-11-13-20(14-12-19)22(24)26-16-8-6-10-18(3)4/h11-14H,1,3,5-10,15-16H2,2,4H3. The van der Waals surface area contributed by atoms with Crippen LogP contribution >= 0.6 is 0 Å². The molecule has 26 heavy (non-hydrogen) atoms. The second-order valence-electron chi connectivity index (χ2n) is 6.68. The van der Waals surface area contributed by atoms with Gasteiger partial charge in [0.15, 0.2) is 0 Å². The lowest BCUT2D eigenvalue weighted by Crippen LogP contribution is -2.09. The number of rotatable bonds is 12. The number of ether oxygens (including phenoxy) is 2. The van der Waals surface area contributed by atoms with Gasteiger partial charge >= 0.3 is 11.9 Å². The van der Waals surface area contributed by atoms with E-state index in [1.807, 2.05) is 13.8 Å². The molecule has 0 radical (unpaired) electrons. The SMILES string of the molecule is C=C(C)CCCCOC(=O)c1ccc(C(=O)OCCCCC(=C)C)cc1. The molecule has 0 bridgehead atoms. The number of allylic oxidation sites excluding steroid dienone is 2. The average molecular weight is 358 g/mol. The fourth-order valence-corrected chi connectivity index (χ4v) is 2.30. The van der Waals surface area contributed by atoms with Crippen molar-refractivity contribution < 1.29 is 19.1 Å². The molecule has 0 N–H and O–H groups in total. The molecule has 0 heterocycles. The molecule has 0 saturated carbocycles. The van der Waals surface area contributed by atoms with Crippen molar-refractivity contribution in [1.29, 1.82) is 0 Å². The first kappa shape index (κ1) is 21.7. The Morgan fingerprint density at radius 1 is 0.731 bits per heavy atom. The van der Waals surface area contributed by atoms with Gasteiger partial charge in [0, 0.05) is 0 Å².